The van der Waals surface area contributed by atoms with Crippen LogP contribution in [0.2, 0.25) is 0 Å². The van der Waals surface area contributed by atoms with Gasteiger partial charge in [-0.25, -0.2) is 4.68 Å². The lowest BCUT2D eigenvalue weighted by molar-refractivity contribution is -0.145. The molecule has 1 saturated heterocycles. The number of allylic oxidation sites excluding steroid dienone is 2. The van der Waals surface area contributed by atoms with Gasteiger partial charge in [-0.2, -0.15) is 0 Å². The lowest BCUT2D eigenvalue weighted by Gasteiger charge is -2.37. The van der Waals surface area contributed by atoms with Crippen molar-refractivity contribution in [2.45, 2.75) is 44.9 Å². The Hall–Kier alpha value is -1.69. The summed E-state index contributed by atoms with van der Waals surface area (Å²) in [7, 11) is 0. The normalized spacial score (nSPS) is 28.3. The van der Waals surface area contributed by atoms with Crippen molar-refractivity contribution in [1.29, 1.82) is 0 Å². The predicted molar refractivity (Wildman–Crippen MR) is 68.8 cm³/mol. The van der Waals surface area contributed by atoms with Gasteiger partial charge in [0.05, 0.1) is 12.3 Å². The average molecular weight is 262 g/mol. The second-order valence-electron chi connectivity index (χ2n) is 5.28. The summed E-state index contributed by atoms with van der Waals surface area (Å²) in [5, 5.41) is 20.6. The van der Waals surface area contributed by atoms with E-state index in [2.05, 4.69) is 21.7 Å². The van der Waals surface area contributed by atoms with E-state index in [0.717, 1.165) is 18.5 Å². The Bertz CT molecular complexity index is 520. The highest BCUT2D eigenvalue weighted by atomic mass is 16.3. The van der Waals surface area contributed by atoms with E-state index in [0.29, 0.717) is 0 Å². The Kier molecular flexibility index (Phi) is 3.10. The van der Waals surface area contributed by atoms with Gasteiger partial charge in [-0.15, -0.1) is 5.10 Å². The number of nitrogens with zero attached hydrogens (tertiary/aromatic N) is 3. The monoisotopic (exact) mass is 262 g/mol. The van der Waals surface area contributed by atoms with Gasteiger partial charge in [-0.1, -0.05) is 11.3 Å². The molecule has 1 amide bonds. The number of hydrogen-bond donors (Lipinski definition) is 2. The first-order chi connectivity index (χ1) is 9.16. The zero-order chi connectivity index (χ0) is 13.4. The fourth-order valence-corrected chi connectivity index (χ4v) is 2.72. The van der Waals surface area contributed by atoms with Crippen molar-refractivity contribution in [3.05, 3.63) is 18.0 Å². The minimum Gasteiger partial charge on any atom is -0.392 e. The van der Waals surface area contributed by atoms with Crippen LogP contribution in [0, 0.1) is 5.92 Å². The highest BCUT2D eigenvalue weighted by Crippen LogP contribution is 2.30. The lowest BCUT2D eigenvalue weighted by atomic mass is 9.91. The van der Waals surface area contributed by atoms with E-state index in [1.165, 1.54) is 18.4 Å². The lowest BCUT2D eigenvalue weighted by Crippen LogP contribution is -2.58. The van der Waals surface area contributed by atoms with Gasteiger partial charge in [0.15, 0.2) is 0 Å². The fourth-order valence-electron chi connectivity index (χ4n) is 2.72. The number of rotatable bonds is 3. The van der Waals surface area contributed by atoms with Crippen LogP contribution in [-0.2, 0) is 4.79 Å². The van der Waals surface area contributed by atoms with Crippen molar-refractivity contribution in [3.63, 3.8) is 0 Å². The standard InChI is InChI=1S/C13H18N4O2/c1-8(18)11-12(14-13(11)19)17-7-10(15-16-17)9-5-3-2-4-6-9/h5,7-8,11-12,18H,2-4,6H2,1H3,(H,14,19)/t8-,11-,12-/m1/s1. The highest BCUT2D eigenvalue weighted by Gasteiger charge is 2.44. The molecule has 102 valence electrons. The van der Waals surface area contributed by atoms with Crippen LogP contribution in [0.5, 0.6) is 0 Å². The first kappa shape index (κ1) is 12.3. The van der Waals surface area contributed by atoms with E-state index in [-0.39, 0.29) is 12.1 Å². The minimum atomic E-state index is -0.680. The summed E-state index contributed by atoms with van der Waals surface area (Å²) in [5.41, 5.74) is 2.11. The van der Waals surface area contributed by atoms with Crippen LogP contribution in [0.4, 0.5) is 0 Å². The summed E-state index contributed by atoms with van der Waals surface area (Å²) in [6.07, 6.45) is 7.67. The van der Waals surface area contributed by atoms with Gasteiger partial charge in [0.2, 0.25) is 5.91 Å². The molecule has 0 saturated carbocycles. The molecule has 0 aromatic carbocycles. The third-order valence-electron chi connectivity index (χ3n) is 3.87. The molecular formula is C13H18N4O2. The molecule has 2 aliphatic rings. The molecule has 6 nitrogen and oxygen atoms in total. The zero-order valence-electron chi connectivity index (χ0n) is 10.9. The Morgan fingerprint density at radius 3 is 3.00 bits per heavy atom. The van der Waals surface area contributed by atoms with Gasteiger partial charge in [0.1, 0.15) is 17.8 Å². The Balaban J connectivity index is 1.78. The van der Waals surface area contributed by atoms with Crippen molar-refractivity contribution in [2.75, 3.05) is 0 Å². The predicted octanol–water partition coefficient (Wildman–Crippen LogP) is 0.861. The number of aliphatic hydroxyl groups excluding tert-OH is 1. The van der Waals surface area contributed by atoms with Gasteiger partial charge in [-0.3, -0.25) is 4.79 Å². The summed E-state index contributed by atoms with van der Waals surface area (Å²) in [4.78, 5) is 11.4. The summed E-state index contributed by atoms with van der Waals surface area (Å²) >= 11 is 0. The molecular weight excluding hydrogens is 244 g/mol. The van der Waals surface area contributed by atoms with E-state index >= 15 is 0 Å². The molecule has 1 aromatic heterocycles. The van der Waals surface area contributed by atoms with Crippen molar-refractivity contribution < 1.29 is 9.90 Å². The second kappa shape index (κ2) is 4.77. The van der Waals surface area contributed by atoms with Gasteiger partial charge in [-0.05, 0) is 38.2 Å². The number of β-lactam (4-membered cyclic amide) rings is 1. The molecule has 0 bridgehead atoms. The van der Waals surface area contributed by atoms with Gasteiger partial charge >= 0.3 is 0 Å². The Morgan fingerprint density at radius 2 is 2.37 bits per heavy atom. The zero-order valence-corrected chi connectivity index (χ0v) is 10.9. The van der Waals surface area contributed by atoms with E-state index in [1.807, 2.05) is 6.20 Å². The molecule has 19 heavy (non-hydrogen) atoms. The van der Waals surface area contributed by atoms with Crippen LogP contribution in [-0.4, -0.2) is 32.1 Å². The summed E-state index contributed by atoms with van der Waals surface area (Å²) in [6.45, 7) is 1.62. The third kappa shape index (κ3) is 2.16. The van der Waals surface area contributed by atoms with Crippen LogP contribution in [0.3, 0.4) is 0 Å². The van der Waals surface area contributed by atoms with Crippen molar-refractivity contribution in [1.82, 2.24) is 20.3 Å². The maximum absolute atomic E-state index is 11.4. The van der Waals surface area contributed by atoms with Crippen LogP contribution >= 0.6 is 0 Å². The van der Waals surface area contributed by atoms with Crippen molar-refractivity contribution >= 4 is 11.5 Å². The average Bonchev–Trinajstić information content (AvgIpc) is 2.85. The SMILES string of the molecule is C[C@@H](O)[C@H]1C(=O)N[C@@H]1n1cc(C2=CCCCC2)nn1. The third-order valence-corrected chi connectivity index (χ3v) is 3.87. The molecule has 2 N–H and O–H groups in total. The molecule has 0 unspecified atom stereocenters. The maximum Gasteiger partial charge on any atom is 0.231 e. The van der Waals surface area contributed by atoms with E-state index in [4.69, 9.17) is 0 Å². The molecule has 6 heteroatoms. The van der Waals surface area contributed by atoms with E-state index < -0.39 is 12.0 Å². The number of carbonyl (C=O) groups excluding carboxylic acids is 1. The van der Waals surface area contributed by atoms with Crippen LogP contribution in [0.15, 0.2) is 12.3 Å². The maximum atomic E-state index is 11.4. The quantitative estimate of drug-likeness (QED) is 0.792. The first-order valence-corrected chi connectivity index (χ1v) is 6.76. The molecule has 1 aliphatic carbocycles. The smallest absolute Gasteiger partial charge is 0.231 e. The molecule has 1 aliphatic heterocycles. The summed E-state index contributed by atoms with van der Waals surface area (Å²) in [6, 6.07) is 0. The fraction of sp³-hybridized carbons (Fsp3) is 0.615. The van der Waals surface area contributed by atoms with Crippen molar-refractivity contribution in [2.24, 2.45) is 5.92 Å². The van der Waals surface area contributed by atoms with Gasteiger partial charge in [0, 0.05) is 0 Å². The highest BCUT2D eigenvalue weighted by molar-refractivity contribution is 5.85. The Labute approximate surface area is 111 Å². The molecule has 1 fully saturated rings. The van der Waals surface area contributed by atoms with E-state index in [1.54, 1.807) is 11.6 Å². The molecule has 0 spiro atoms. The molecule has 2 heterocycles. The minimum absolute atomic E-state index is 0.131. The number of nitrogens with one attached hydrogen (secondary N) is 1. The van der Waals surface area contributed by atoms with Crippen LogP contribution < -0.4 is 5.32 Å². The number of amides is 1. The topological polar surface area (TPSA) is 80.0 Å². The summed E-state index contributed by atoms with van der Waals surface area (Å²) < 4.78 is 1.64. The molecule has 0 radical (unpaired) electrons. The number of aromatic nitrogens is 3. The number of hydrogen-bond acceptors (Lipinski definition) is 4. The van der Waals surface area contributed by atoms with Crippen LogP contribution in [0.1, 0.15) is 44.5 Å². The molecule has 1 aromatic rings. The van der Waals surface area contributed by atoms with E-state index in [9.17, 15) is 9.90 Å². The van der Waals surface area contributed by atoms with Gasteiger partial charge in [0.25, 0.3) is 0 Å². The molecule has 3 rings (SSSR count). The van der Waals surface area contributed by atoms with Crippen molar-refractivity contribution in [3.8, 4) is 0 Å². The second-order valence-corrected chi connectivity index (χ2v) is 5.28. The molecule has 3 atom stereocenters. The summed E-state index contributed by atoms with van der Waals surface area (Å²) in [5.74, 6) is -0.566. The van der Waals surface area contributed by atoms with Gasteiger partial charge < -0.3 is 10.4 Å². The first-order valence-electron chi connectivity index (χ1n) is 6.76. The Morgan fingerprint density at radius 1 is 1.53 bits per heavy atom. The number of aliphatic hydroxyl groups is 1. The van der Waals surface area contributed by atoms with Crippen LogP contribution in [0.25, 0.3) is 5.57 Å². The largest absolute Gasteiger partial charge is 0.392 e. The number of carbonyl (C=O) groups is 1.